The maximum absolute atomic E-state index is 6.19. The van der Waals surface area contributed by atoms with Crippen LogP contribution in [0.25, 0.3) is 12.2 Å². The van der Waals surface area contributed by atoms with Gasteiger partial charge in [-0.3, -0.25) is 0 Å². The van der Waals surface area contributed by atoms with Crippen LogP contribution in [0, 0.1) is 0 Å². The number of hydrogen-bond donors (Lipinski definition) is 0. The molecule has 1 heterocycles. The van der Waals surface area contributed by atoms with Gasteiger partial charge in [0.15, 0.2) is 0 Å². The zero-order valence-corrected chi connectivity index (χ0v) is 13.4. The van der Waals surface area contributed by atoms with Gasteiger partial charge in [0.2, 0.25) is 0 Å². The van der Waals surface area contributed by atoms with E-state index in [2.05, 4.69) is 49.5 Å². The monoisotopic (exact) mass is 304 g/mol. The Labute approximate surface area is 124 Å². The number of fused-ring (bicyclic) bond motifs is 2. The van der Waals surface area contributed by atoms with Gasteiger partial charge in [-0.2, -0.15) is 0 Å². The molecule has 0 aliphatic carbocycles. The summed E-state index contributed by atoms with van der Waals surface area (Å²) >= 11 is 12.4. The Hall–Kier alpha value is -1.02. The highest BCUT2D eigenvalue weighted by atomic mass is 35.5. The molecule has 1 aliphatic rings. The van der Waals surface area contributed by atoms with Crippen LogP contribution in [-0.4, -0.2) is 8.07 Å². The van der Waals surface area contributed by atoms with Crippen molar-refractivity contribution in [1.29, 1.82) is 0 Å². The highest BCUT2D eigenvalue weighted by Crippen LogP contribution is 2.22. The van der Waals surface area contributed by atoms with E-state index in [1.165, 1.54) is 21.5 Å². The van der Waals surface area contributed by atoms with Gasteiger partial charge in [-0.1, -0.05) is 60.6 Å². The van der Waals surface area contributed by atoms with Gasteiger partial charge in [0.05, 0.1) is 0 Å². The molecule has 0 N–H and O–H groups in total. The van der Waals surface area contributed by atoms with Crippen LogP contribution in [0.5, 0.6) is 0 Å². The quantitative estimate of drug-likeness (QED) is 0.637. The Kier molecular flexibility index (Phi) is 3.09. The number of halogens is 2. The molecule has 0 saturated heterocycles. The Balaban J connectivity index is 2.34. The Bertz CT molecular complexity index is 630. The smallest absolute Gasteiger partial charge is 0.0843 e. The summed E-state index contributed by atoms with van der Waals surface area (Å²) < 4.78 is 0. The second-order valence-electron chi connectivity index (χ2n) is 5.42. The third kappa shape index (κ3) is 2.16. The summed E-state index contributed by atoms with van der Waals surface area (Å²) in [7, 11) is -1.78. The highest BCUT2D eigenvalue weighted by Gasteiger charge is 2.31. The first-order valence-corrected chi connectivity index (χ1v) is 10.0. The molecular formula is C16H14Cl2Si. The van der Waals surface area contributed by atoms with Crippen LogP contribution in [-0.2, 0) is 0 Å². The van der Waals surface area contributed by atoms with Crippen LogP contribution in [0.1, 0.15) is 11.1 Å². The van der Waals surface area contributed by atoms with Gasteiger partial charge in [-0.05, 0) is 45.8 Å². The molecular weight excluding hydrogens is 291 g/mol. The van der Waals surface area contributed by atoms with E-state index in [4.69, 9.17) is 23.2 Å². The normalized spacial score (nSPS) is 15.6. The van der Waals surface area contributed by atoms with E-state index in [-0.39, 0.29) is 0 Å². The Morgan fingerprint density at radius 2 is 1.16 bits per heavy atom. The van der Waals surface area contributed by atoms with Crippen LogP contribution in [0.15, 0.2) is 36.4 Å². The average Bonchev–Trinajstić information content (AvgIpc) is 2.47. The molecule has 3 rings (SSSR count). The summed E-state index contributed by atoms with van der Waals surface area (Å²) in [6.45, 7) is 4.70. The Morgan fingerprint density at radius 1 is 0.737 bits per heavy atom. The van der Waals surface area contributed by atoms with Crippen molar-refractivity contribution in [2.75, 3.05) is 0 Å². The second-order valence-corrected chi connectivity index (χ2v) is 10.6. The largest absolute Gasteiger partial charge is 0.113 e. The summed E-state index contributed by atoms with van der Waals surface area (Å²) in [5.74, 6) is 0. The van der Waals surface area contributed by atoms with Gasteiger partial charge in [0.1, 0.15) is 8.07 Å². The predicted octanol–water partition coefficient (Wildman–Crippen LogP) is 4.30. The molecule has 1 aliphatic heterocycles. The summed E-state index contributed by atoms with van der Waals surface area (Å²) in [6.07, 6.45) is 4.36. The Morgan fingerprint density at radius 3 is 1.58 bits per heavy atom. The summed E-state index contributed by atoms with van der Waals surface area (Å²) in [5.41, 5.74) is 2.54. The molecule has 0 amide bonds. The van der Waals surface area contributed by atoms with Crippen molar-refractivity contribution >= 4 is 53.8 Å². The van der Waals surface area contributed by atoms with E-state index in [0.717, 1.165) is 10.0 Å². The van der Waals surface area contributed by atoms with Crippen molar-refractivity contribution in [3.05, 3.63) is 57.6 Å². The van der Waals surface area contributed by atoms with Crippen molar-refractivity contribution in [2.45, 2.75) is 13.1 Å². The molecule has 3 heteroatoms. The first-order valence-electron chi connectivity index (χ1n) is 6.26. The maximum atomic E-state index is 6.19. The van der Waals surface area contributed by atoms with Crippen molar-refractivity contribution in [3.63, 3.8) is 0 Å². The first kappa shape index (κ1) is 13.0. The molecule has 0 bridgehead atoms. The van der Waals surface area contributed by atoms with Crippen LogP contribution < -0.4 is 10.4 Å². The van der Waals surface area contributed by atoms with Gasteiger partial charge in [0.25, 0.3) is 0 Å². The molecule has 0 atom stereocenters. The van der Waals surface area contributed by atoms with E-state index in [1.807, 2.05) is 12.1 Å². The lowest BCUT2D eigenvalue weighted by atomic mass is 10.1. The van der Waals surface area contributed by atoms with E-state index in [0.29, 0.717) is 0 Å². The van der Waals surface area contributed by atoms with E-state index >= 15 is 0 Å². The minimum Gasteiger partial charge on any atom is -0.0843 e. The SMILES string of the molecule is C[Si]1(C)c2cc(Cl)ccc2C=Cc2ccc(Cl)cc21. The third-order valence-electron chi connectivity index (χ3n) is 3.82. The van der Waals surface area contributed by atoms with Gasteiger partial charge in [0, 0.05) is 10.0 Å². The van der Waals surface area contributed by atoms with E-state index in [1.54, 1.807) is 0 Å². The molecule has 0 radical (unpaired) electrons. The molecule has 0 saturated carbocycles. The van der Waals surface area contributed by atoms with Crippen molar-refractivity contribution in [1.82, 2.24) is 0 Å². The van der Waals surface area contributed by atoms with Crippen molar-refractivity contribution in [2.24, 2.45) is 0 Å². The molecule has 0 fully saturated rings. The summed E-state index contributed by atoms with van der Waals surface area (Å²) in [5, 5.41) is 4.35. The summed E-state index contributed by atoms with van der Waals surface area (Å²) in [4.78, 5) is 0. The lowest BCUT2D eigenvalue weighted by Crippen LogP contribution is -2.54. The van der Waals surface area contributed by atoms with E-state index in [9.17, 15) is 0 Å². The molecule has 96 valence electrons. The second kappa shape index (κ2) is 4.52. The standard InChI is InChI=1S/C16H14Cl2Si/c1-19(2)15-9-13(17)7-5-11(15)3-4-12-6-8-14(18)10-16(12)19/h3-10H,1-2H3. The topological polar surface area (TPSA) is 0 Å². The molecule has 0 unspecified atom stereocenters. The molecule has 2 aromatic rings. The lowest BCUT2D eigenvalue weighted by Gasteiger charge is -2.26. The average molecular weight is 305 g/mol. The minimum atomic E-state index is -1.78. The van der Waals surface area contributed by atoms with Crippen LogP contribution >= 0.6 is 23.2 Å². The fraction of sp³-hybridized carbons (Fsp3) is 0.125. The maximum Gasteiger partial charge on any atom is 0.113 e. The predicted molar refractivity (Wildman–Crippen MR) is 88.6 cm³/mol. The highest BCUT2D eigenvalue weighted by molar-refractivity contribution is 7.01. The number of hydrogen-bond acceptors (Lipinski definition) is 0. The van der Waals surface area contributed by atoms with Crippen molar-refractivity contribution in [3.8, 4) is 0 Å². The zero-order chi connectivity index (χ0) is 13.6. The van der Waals surface area contributed by atoms with Crippen molar-refractivity contribution < 1.29 is 0 Å². The van der Waals surface area contributed by atoms with Gasteiger partial charge < -0.3 is 0 Å². The lowest BCUT2D eigenvalue weighted by molar-refractivity contribution is 1.65. The zero-order valence-electron chi connectivity index (χ0n) is 10.9. The fourth-order valence-corrected chi connectivity index (χ4v) is 6.38. The fourth-order valence-electron chi connectivity index (χ4n) is 2.75. The number of rotatable bonds is 0. The van der Waals surface area contributed by atoms with Crippen LogP contribution in [0.4, 0.5) is 0 Å². The molecule has 19 heavy (non-hydrogen) atoms. The third-order valence-corrected chi connectivity index (χ3v) is 7.85. The van der Waals surface area contributed by atoms with Gasteiger partial charge in [-0.15, -0.1) is 0 Å². The minimum absolute atomic E-state index is 0.804. The molecule has 0 aromatic heterocycles. The van der Waals surface area contributed by atoms with Crippen LogP contribution in [0.2, 0.25) is 23.1 Å². The molecule has 0 nitrogen and oxygen atoms in total. The molecule has 2 aromatic carbocycles. The van der Waals surface area contributed by atoms with Gasteiger partial charge >= 0.3 is 0 Å². The van der Waals surface area contributed by atoms with E-state index < -0.39 is 8.07 Å². The van der Waals surface area contributed by atoms with Crippen LogP contribution in [0.3, 0.4) is 0 Å². The molecule has 0 spiro atoms. The number of benzene rings is 2. The summed E-state index contributed by atoms with van der Waals surface area (Å²) in [6, 6.07) is 12.4. The van der Waals surface area contributed by atoms with Gasteiger partial charge in [-0.25, -0.2) is 0 Å². The first-order chi connectivity index (χ1) is 8.98.